The van der Waals surface area contributed by atoms with Gasteiger partial charge in [-0.2, -0.15) is 4.31 Å². The lowest BCUT2D eigenvalue weighted by atomic mass is 9.82. The minimum Gasteiger partial charge on any atom is -0.207 e. The minimum atomic E-state index is -3.45. The molecular weight excluding hydrogens is 329 g/mol. The van der Waals surface area contributed by atoms with Crippen LogP contribution in [0.25, 0.3) is 0 Å². The Morgan fingerprint density at radius 2 is 1.57 bits per heavy atom. The number of sulfonamides is 1. The molecule has 1 aromatic carbocycles. The van der Waals surface area contributed by atoms with Crippen molar-refractivity contribution in [2.75, 3.05) is 0 Å². The molecule has 6 heteroatoms. The third-order valence-corrected chi connectivity index (χ3v) is 7.87. The van der Waals surface area contributed by atoms with Crippen LogP contribution in [-0.2, 0) is 10.0 Å². The Morgan fingerprint density at radius 3 is 2.14 bits per heavy atom. The largest absolute Gasteiger partial charge is 0.245 e. The molecule has 2 bridgehead atoms. The molecular formula is C15H19Cl2NO2S. The third-order valence-electron chi connectivity index (χ3n) is 5.42. The Bertz CT molecular complexity index is 631. The van der Waals surface area contributed by atoms with E-state index in [1.807, 2.05) is 4.31 Å². The van der Waals surface area contributed by atoms with Gasteiger partial charge in [0, 0.05) is 12.1 Å². The van der Waals surface area contributed by atoms with Crippen molar-refractivity contribution >= 4 is 34.0 Å². The van der Waals surface area contributed by atoms with Gasteiger partial charge in [-0.1, -0.05) is 30.2 Å². The summed E-state index contributed by atoms with van der Waals surface area (Å²) in [6.07, 6.45) is 5.70. The van der Waals surface area contributed by atoms with E-state index in [0.29, 0.717) is 16.9 Å². The van der Waals surface area contributed by atoms with Crippen molar-refractivity contribution in [3.63, 3.8) is 0 Å². The highest BCUT2D eigenvalue weighted by molar-refractivity contribution is 7.89. The van der Waals surface area contributed by atoms with Gasteiger partial charge in [-0.3, -0.25) is 0 Å². The highest BCUT2D eigenvalue weighted by atomic mass is 35.5. The van der Waals surface area contributed by atoms with Crippen molar-refractivity contribution < 1.29 is 8.42 Å². The molecule has 3 fully saturated rings. The Morgan fingerprint density at radius 1 is 1.00 bits per heavy atom. The highest BCUT2D eigenvalue weighted by Crippen LogP contribution is 2.55. The molecule has 3 nitrogen and oxygen atoms in total. The molecule has 0 radical (unpaired) electrons. The van der Waals surface area contributed by atoms with Crippen molar-refractivity contribution in [2.24, 2.45) is 11.8 Å². The summed E-state index contributed by atoms with van der Waals surface area (Å²) in [5.74, 6) is 1.18. The van der Waals surface area contributed by atoms with Crippen LogP contribution in [-0.4, -0.2) is 24.8 Å². The van der Waals surface area contributed by atoms with Gasteiger partial charge in [0.05, 0.1) is 5.02 Å². The first kappa shape index (κ1) is 15.6. The van der Waals surface area contributed by atoms with Crippen molar-refractivity contribution in [1.29, 1.82) is 0 Å². The smallest absolute Gasteiger partial charge is 0.207 e. The van der Waals surface area contributed by atoms with Crippen molar-refractivity contribution in [2.45, 2.75) is 49.1 Å². The topological polar surface area (TPSA) is 37.4 Å². The lowest BCUT2D eigenvalue weighted by Crippen LogP contribution is -2.37. The van der Waals surface area contributed by atoms with Crippen LogP contribution in [0, 0.1) is 11.8 Å². The third kappa shape index (κ3) is 2.14. The second-order valence-corrected chi connectivity index (χ2v) is 8.45. The molecule has 0 unspecified atom stereocenters. The van der Waals surface area contributed by atoms with E-state index in [2.05, 4.69) is 0 Å². The van der Waals surface area contributed by atoms with Crippen molar-refractivity contribution in [3.05, 3.63) is 29.3 Å². The highest BCUT2D eigenvalue weighted by Gasteiger charge is 2.58. The van der Waals surface area contributed by atoms with E-state index in [9.17, 15) is 8.42 Å². The summed E-state index contributed by atoms with van der Waals surface area (Å²) in [5.41, 5.74) is 0. The SMILES string of the molecule is Cl.O=S(=O)(c1ccccc1Cl)N1[C@@H]2CC[C@H]1[C@H]1CCC[C@H]12. The summed E-state index contributed by atoms with van der Waals surface area (Å²) in [4.78, 5) is 0.276. The van der Waals surface area contributed by atoms with E-state index in [1.54, 1.807) is 24.3 Å². The summed E-state index contributed by atoms with van der Waals surface area (Å²) < 4.78 is 27.8. The van der Waals surface area contributed by atoms with Gasteiger partial charge in [-0.05, 0) is 49.7 Å². The van der Waals surface area contributed by atoms with Crippen LogP contribution in [0.2, 0.25) is 5.02 Å². The standard InChI is InChI=1S/C15H18ClNO2S.ClH/c16-12-6-1-2-7-15(12)20(18,19)17-13-8-9-14(17)11-5-3-4-10(11)13;/h1-2,6-7,10-11,13-14H,3-5,8-9H2;1H/t10-,11+,13-,14+;. The van der Waals surface area contributed by atoms with E-state index >= 15 is 0 Å². The van der Waals surface area contributed by atoms with Gasteiger partial charge < -0.3 is 0 Å². The van der Waals surface area contributed by atoms with Crippen molar-refractivity contribution in [1.82, 2.24) is 4.31 Å². The predicted molar refractivity (Wildman–Crippen MR) is 85.4 cm³/mol. The van der Waals surface area contributed by atoms with E-state index in [-0.39, 0.29) is 29.4 Å². The van der Waals surface area contributed by atoms with Crippen LogP contribution in [0.1, 0.15) is 32.1 Å². The van der Waals surface area contributed by atoms with E-state index in [4.69, 9.17) is 11.6 Å². The Kier molecular flexibility index (Phi) is 4.02. The van der Waals surface area contributed by atoms with Gasteiger partial charge >= 0.3 is 0 Å². The summed E-state index contributed by atoms with van der Waals surface area (Å²) >= 11 is 6.12. The van der Waals surface area contributed by atoms with Crippen LogP contribution in [0.3, 0.4) is 0 Å². The summed E-state index contributed by atoms with van der Waals surface area (Å²) in [7, 11) is -3.45. The zero-order valence-electron chi connectivity index (χ0n) is 11.6. The average Bonchev–Trinajstić information content (AvgIpc) is 3.11. The van der Waals surface area contributed by atoms with Gasteiger partial charge in [-0.25, -0.2) is 8.42 Å². The molecule has 2 heterocycles. The summed E-state index contributed by atoms with van der Waals surface area (Å²) in [6, 6.07) is 7.24. The number of hydrogen-bond acceptors (Lipinski definition) is 2. The van der Waals surface area contributed by atoms with Gasteiger partial charge in [0.2, 0.25) is 10.0 Å². The molecule has 0 N–H and O–H groups in total. The number of rotatable bonds is 2. The maximum atomic E-state index is 13.0. The number of halogens is 2. The average molecular weight is 348 g/mol. The predicted octanol–water partition coefficient (Wildman–Crippen LogP) is 3.71. The molecule has 2 aliphatic heterocycles. The van der Waals surface area contributed by atoms with Crippen LogP contribution in [0.15, 0.2) is 29.2 Å². The lowest BCUT2D eigenvalue weighted by Gasteiger charge is -2.24. The Balaban J connectivity index is 0.00000132. The zero-order valence-corrected chi connectivity index (χ0v) is 14.0. The molecule has 4 rings (SSSR count). The van der Waals surface area contributed by atoms with E-state index in [0.717, 1.165) is 12.8 Å². The maximum absolute atomic E-state index is 13.0. The normalized spacial score (nSPS) is 34.7. The number of nitrogens with zero attached hydrogens (tertiary/aromatic N) is 1. The van der Waals surface area contributed by atoms with E-state index < -0.39 is 10.0 Å². The first-order chi connectivity index (χ1) is 9.60. The van der Waals surface area contributed by atoms with Gasteiger partial charge in [0.15, 0.2) is 0 Å². The molecule has 2 saturated heterocycles. The van der Waals surface area contributed by atoms with Gasteiger partial charge in [0.25, 0.3) is 0 Å². The zero-order chi connectivity index (χ0) is 13.9. The van der Waals surface area contributed by atoms with Crippen LogP contribution < -0.4 is 0 Å². The molecule has 0 amide bonds. The molecule has 0 spiro atoms. The molecule has 1 aromatic rings. The van der Waals surface area contributed by atoms with Gasteiger partial charge in [-0.15, -0.1) is 12.4 Å². The molecule has 1 aliphatic carbocycles. The maximum Gasteiger partial charge on any atom is 0.245 e. The molecule has 1 saturated carbocycles. The monoisotopic (exact) mass is 347 g/mol. The summed E-state index contributed by atoms with van der Waals surface area (Å²) in [6.45, 7) is 0. The van der Waals surface area contributed by atoms with E-state index in [1.165, 1.54) is 19.3 Å². The second-order valence-electron chi connectivity index (χ2n) is 6.24. The minimum absolute atomic E-state index is 0. The second kappa shape index (κ2) is 5.41. The number of benzene rings is 1. The number of fused-ring (bicyclic) bond motifs is 5. The van der Waals surface area contributed by atoms with Crippen molar-refractivity contribution in [3.8, 4) is 0 Å². The van der Waals surface area contributed by atoms with Crippen LogP contribution in [0.5, 0.6) is 0 Å². The fraction of sp³-hybridized carbons (Fsp3) is 0.600. The molecule has 0 aromatic heterocycles. The Hall–Kier alpha value is -0.290. The number of hydrogen-bond donors (Lipinski definition) is 0. The van der Waals surface area contributed by atoms with Crippen LogP contribution >= 0.6 is 24.0 Å². The summed E-state index contributed by atoms with van der Waals surface area (Å²) in [5, 5.41) is 0.337. The van der Waals surface area contributed by atoms with Crippen LogP contribution in [0.4, 0.5) is 0 Å². The quantitative estimate of drug-likeness (QED) is 0.817. The molecule has 116 valence electrons. The van der Waals surface area contributed by atoms with Gasteiger partial charge in [0.1, 0.15) is 4.90 Å². The molecule has 3 aliphatic rings. The molecule has 4 atom stereocenters. The molecule has 21 heavy (non-hydrogen) atoms. The first-order valence-corrected chi connectivity index (χ1v) is 9.20. The first-order valence-electron chi connectivity index (χ1n) is 7.39. The fourth-order valence-corrected chi connectivity index (χ4v) is 7.20. The lowest BCUT2D eigenvalue weighted by molar-refractivity contribution is 0.330. The fourth-order valence-electron chi connectivity index (χ4n) is 4.74. The Labute approximate surface area is 137 Å².